The lowest BCUT2D eigenvalue weighted by molar-refractivity contribution is 0.114. The largest absolute Gasteiger partial charge is 0.383 e. The highest BCUT2D eigenvalue weighted by Gasteiger charge is 2.25. The van der Waals surface area contributed by atoms with Crippen LogP contribution in [0.1, 0.15) is 17.7 Å². The van der Waals surface area contributed by atoms with Gasteiger partial charge in [-0.15, -0.1) is 11.3 Å². The second-order valence-corrected chi connectivity index (χ2v) is 9.36. The molecule has 160 valence electrons. The smallest absolute Gasteiger partial charge is 0.224 e. The first kappa shape index (κ1) is 21.2. The summed E-state index contributed by atoms with van der Waals surface area (Å²) >= 11 is 7.97. The van der Waals surface area contributed by atoms with Gasteiger partial charge in [-0.25, -0.2) is 4.98 Å². The molecule has 1 unspecified atom stereocenters. The van der Waals surface area contributed by atoms with E-state index >= 15 is 0 Å². The number of likely N-dealkylation sites (tertiary alicyclic amines) is 1. The summed E-state index contributed by atoms with van der Waals surface area (Å²) in [5.41, 5.74) is 7.56. The van der Waals surface area contributed by atoms with E-state index in [0.717, 1.165) is 87.8 Å². The quantitative estimate of drug-likeness (QED) is 0.664. The lowest BCUT2D eigenvalue weighted by Gasteiger charge is -2.34. The predicted octanol–water partition coefficient (Wildman–Crippen LogP) is 2.41. The molecule has 2 fully saturated rings. The van der Waals surface area contributed by atoms with E-state index in [1.54, 1.807) is 18.4 Å². The van der Waals surface area contributed by atoms with Crippen molar-refractivity contribution in [1.82, 2.24) is 14.9 Å². The average Bonchev–Trinajstić information content (AvgIpc) is 3.14. The molecule has 0 aromatic carbocycles. The average molecular weight is 440 g/mol. The standard InChI is InChI=1S/C20H30ClN5O2S/c1-27-9-6-25-4-2-14(3-5-25)16(22)12-15-13-17-18(29-15)19(24-20(21)23-17)26-7-10-28-11-8-26/h13-14,16H,2-12,22H2,1H3. The van der Waals surface area contributed by atoms with Gasteiger partial charge in [-0.1, -0.05) is 0 Å². The maximum absolute atomic E-state index is 6.63. The van der Waals surface area contributed by atoms with Gasteiger partial charge in [-0.2, -0.15) is 4.98 Å². The first-order valence-corrected chi connectivity index (χ1v) is 11.6. The van der Waals surface area contributed by atoms with Crippen molar-refractivity contribution in [2.75, 3.05) is 64.6 Å². The van der Waals surface area contributed by atoms with Crippen molar-refractivity contribution in [3.63, 3.8) is 0 Å². The fraction of sp³-hybridized carbons (Fsp3) is 0.700. The van der Waals surface area contributed by atoms with Crippen LogP contribution in [0.25, 0.3) is 10.2 Å². The summed E-state index contributed by atoms with van der Waals surface area (Å²) in [5.74, 6) is 1.49. The fourth-order valence-corrected chi connectivity index (χ4v) is 5.61. The molecule has 2 aromatic heterocycles. The molecule has 2 aromatic rings. The molecule has 2 N–H and O–H groups in total. The molecule has 0 aliphatic carbocycles. The maximum Gasteiger partial charge on any atom is 0.224 e. The number of hydrogen-bond acceptors (Lipinski definition) is 8. The van der Waals surface area contributed by atoms with Gasteiger partial charge in [0.25, 0.3) is 0 Å². The lowest BCUT2D eigenvalue weighted by atomic mass is 9.88. The summed E-state index contributed by atoms with van der Waals surface area (Å²) < 4.78 is 11.8. The third-order valence-electron chi connectivity index (χ3n) is 5.97. The zero-order valence-corrected chi connectivity index (χ0v) is 18.6. The Morgan fingerprint density at radius 3 is 2.76 bits per heavy atom. The zero-order valence-electron chi connectivity index (χ0n) is 17.0. The molecule has 2 saturated heterocycles. The van der Waals surface area contributed by atoms with E-state index in [9.17, 15) is 0 Å². The zero-order chi connectivity index (χ0) is 20.2. The summed E-state index contributed by atoms with van der Waals surface area (Å²) in [6.45, 7) is 7.12. The van der Waals surface area contributed by atoms with Gasteiger partial charge in [-0.05, 0) is 55.9 Å². The topological polar surface area (TPSA) is 76.7 Å². The number of thiophene rings is 1. The van der Waals surface area contributed by atoms with Gasteiger partial charge in [0.1, 0.15) is 0 Å². The maximum atomic E-state index is 6.63. The highest BCUT2D eigenvalue weighted by molar-refractivity contribution is 7.19. The molecule has 0 spiro atoms. The molecule has 0 bridgehead atoms. The van der Waals surface area contributed by atoms with Crippen molar-refractivity contribution >= 4 is 39.0 Å². The van der Waals surface area contributed by atoms with Gasteiger partial charge in [0.05, 0.1) is 30.0 Å². The summed E-state index contributed by atoms with van der Waals surface area (Å²) in [7, 11) is 1.76. The molecule has 4 rings (SSSR count). The highest BCUT2D eigenvalue weighted by atomic mass is 35.5. The molecule has 0 amide bonds. The third kappa shape index (κ3) is 5.18. The van der Waals surface area contributed by atoms with Gasteiger partial charge in [0.15, 0.2) is 5.82 Å². The Balaban J connectivity index is 1.43. The Morgan fingerprint density at radius 2 is 2.03 bits per heavy atom. The Kier molecular flexibility index (Phi) is 7.21. The number of rotatable bonds is 7. The monoisotopic (exact) mass is 439 g/mol. The molecule has 7 nitrogen and oxygen atoms in total. The number of nitrogens with zero attached hydrogens (tertiary/aromatic N) is 4. The van der Waals surface area contributed by atoms with Gasteiger partial charge in [-0.3, -0.25) is 0 Å². The van der Waals surface area contributed by atoms with Gasteiger partial charge >= 0.3 is 0 Å². The minimum Gasteiger partial charge on any atom is -0.383 e. The number of morpholine rings is 1. The first-order valence-electron chi connectivity index (χ1n) is 10.4. The van der Waals surface area contributed by atoms with Gasteiger partial charge in [0.2, 0.25) is 5.28 Å². The minimum atomic E-state index is 0.169. The normalized spacial score (nSPS) is 20.4. The summed E-state index contributed by atoms with van der Waals surface area (Å²) in [5, 5.41) is 0.302. The van der Waals surface area contributed by atoms with Gasteiger partial charge in [0, 0.05) is 37.7 Å². The number of hydrogen-bond donors (Lipinski definition) is 1. The number of aromatic nitrogens is 2. The molecule has 2 aliphatic heterocycles. The molecule has 2 aliphatic rings. The molecule has 4 heterocycles. The Morgan fingerprint density at radius 1 is 1.28 bits per heavy atom. The molecular formula is C20H30ClN5O2S. The van der Waals surface area contributed by atoms with E-state index in [1.807, 2.05) is 0 Å². The van der Waals surface area contributed by atoms with Crippen LogP contribution in [-0.2, 0) is 15.9 Å². The molecule has 1 atom stereocenters. The van der Waals surface area contributed by atoms with E-state index in [0.29, 0.717) is 11.2 Å². The second kappa shape index (κ2) is 9.85. The van der Waals surface area contributed by atoms with Crippen LogP contribution in [0, 0.1) is 5.92 Å². The van der Waals surface area contributed by atoms with Crippen molar-refractivity contribution in [3.05, 3.63) is 16.2 Å². The Labute approximate surface area is 181 Å². The summed E-state index contributed by atoms with van der Waals surface area (Å²) in [6, 6.07) is 2.31. The van der Waals surface area contributed by atoms with Gasteiger partial charge < -0.3 is 25.0 Å². The van der Waals surface area contributed by atoms with E-state index < -0.39 is 0 Å². The van der Waals surface area contributed by atoms with Crippen LogP contribution in [0.5, 0.6) is 0 Å². The van der Waals surface area contributed by atoms with Crippen LogP contribution in [0.2, 0.25) is 5.28 Å². The number of anilines is 1. The minimum absolute atomic E-state index is 0.169. The SMILES string of the molecule is COCCN1CCC(C(N)Cc2cc3nc(Cl)nc(N4CCOCC4)c3s2)CC1. The number of halogens is 1. The first-order chi connectivity index (χ1) is 14.1. The molecule has 0 saturated carbocycles. The predicted molar refractivity (Wildman–Crippen MR) is 118 cm³/mol. The molecule has 0 radical (unpaired) electrons. The van der Waals surface area contributed by atoms with Crippen LogP contribution in [0.4, 0.5) is 5.82 Å². The third-order valence-corrected chi connectivity index (χ3v) is 7.29. The fourth-order valence-electron chi connectivity index (χ4n) is 4.25. The van der Waals surface area contributed by atoms with Crippen LogP contribution < -0.4 is 10.6 Å². The van der Waals surface area contributed by atoms with E-state index in [2.05, 4.69) is 25.8 Å². The lowest BCUT2D eigenvalue weighted by Crippen LogP contribution is -2.42. The van der Waals surface area contributed by atoms with Crippen molar-refractivity contribution in [2.45, 2.75) is 25.3 Å². The highest BCUT2D eigenvalue weighted by Crippen LogP contribution is 2.34. The van der Waals surface area contributed by atoms with Crippen LogP contribution >= 0.6 is 22.9 Å². The molecule has 9 heteroatoms. The summed E-state index contributed by atoms with van der Waals surface area (Å²) in [6.07, 6.45) is 3.19. The van der Waals surface area contributed by atoms with E-state index in [1.165, 1.54) is 4.88 Å². The second-order valence-electron chi connectivity index (χ2n) is 7.88. The molecular weight excluding hydrogens is 410 g/mol. The van der Waals surface area contributed by atoms with Crippen LogP contribution in [-0.4, -0.2) is 80.6 Å². The number of ether oxygens (including phenoxy) is 2. The number of nitrogens with two attached hydrogens (primary N) is 1. The van der Waals surface area contributed by atoms with E-state index in [-0.39, 0.29) is 6.04 Å². The number of fused-ring (bicyclic) bond motifs is 1. The Bertz CT molecular complexity index is 806. The Hall–Kier alpha value is -1.03. The van der Waals surface area contributed by atoms with Crippen molar-refractivity contribution in [3.8, 4) is 0 Å². The van der Waals surface area contributed by atoms with Crippen molar-refractivity contribution < 1.29 is 9.47 Å². The number of piperidine rings is 1. The van der Waals surface area contributed by atoms with Crippen molar-refractivity contribution in [1.29, 1.82) is 0 Å². The number of methoxy groups -OCH3 is 1. The van der Waals surface area contributed by atoms with Crippen molar-refractivity contribution in [2.24, 2.45) is 11.7 Å². The molecule has 29 heavy (non-hydrogen) atoms. The van der Waals surface area contributed by atoms with Crippen LogP contribution in [0.3, 0.4) is 0 Å². The summed E-state index contributed by atoms with van der Waals surface area (Å²) in [4.78, 5) is 15.0. The van der Waals surface area contributed by atoms with Crippen LogP contribution in [0.15, 0.2) is 6.07 Å². The van der Waals surface area contributed by atoms with E-state index in [4.69, 9.17) is 26.8 Å².